The maximum atomic E-state index is 12.0. The van der Waals surface area contributed by atoms with Gasteiger partial charge in [0.05, 0.1) is 0 Å². The topological polar surface area (TPSA) is 73.6 Å². The number of benzene rings is 2. The van der Waals surface area contributed by atoms with E-state index in [1.54, 1.807) is 24.3 Å². The highest BCUT2D eigenvalue weighted by atomic mass is 16.7. The second kappa shape index (κ2) is 5.13. The first-order chi connectivity index (χ1) is 9.74. The van der Waals surface area contributed by atoms with E-state index >= 15 is 0 Å². The number of para-hydroxylation sites is 1. The van der Waals surface area contributed by atoms with Crippen LogP contribution in [0.2, 0.25) is 0 Å². The number of anilines is 1. The van der Waals surface area contributed by atoms with E-state index in [-0.39, 0.29) is 12.7 Å². The maximum Gasteiger partial charge on any atom is 0.251 e. The van der Waals surface area contributed by atoms with Gasteiger partial charge in [0.1, 0.15) is 0 Å². The molecule has 3 N–H and O–H groups in total. The Morgan fingerprint density at radius 1 is 1.20 bits per heavy atom. The van der Waals surface area contributed by atoms with Crippen LogP contribution in [0.15, 0.2) is 42.5 Å². The van der Waals surface area contributed by atoms with E-state index in [4.69, 9.17) is 15.2 Å². The van der Waals surface area contributed by atoms with Crippen LogP contribution >= 0.6 is 0 Å². The Hall–Kier alpha value is -2.69. The Bertz CT molecular complexity index is 655. The van der Waals surface area contributed by atoms with Gasteiger partial charge in [-0.05, 0) is 24.3 Å². The summed E-state index contributed by atoms with van der Waals surface area (Å²) in [6, 6.07) is 12.5. The average Bonchev–Trinajstić information content (AvgIpc) is 2.93. The van der Waals surface area contributed by atoms with Gasteiger partial charge in [0.25, 0.3) is 5.91 Å². The minimum Gasteiger partial charge on any atom is -0.454 e. The maximum absolute atomic E-state index is 12.0. The number of carbonyl (C=O) groups is 1. The molecule has 0 saturated carbocycles. The molecule has 0 unspecified atom stereocenters. The van der Waals surface area contributed by atoms with Crippen molar-refractivity contribution in [1.29, 1.82) is 0 Å². The second-order valence-electron chi connectivity index (χ2n) is 4.46. The lowest BCUT2D eigenvalue weighted by atomic mass is 10.1. The van der Waals surface area contributed by atoms with Gasteiger partial charge >= 0.3 is 0 Å². The first-order valence-corrected chi connectivity index (χ1v) is 6.25. The molecule has 1 aliphatic heterocycles. The number of hydrogen-bond donors (Lipinski definition) is 2. The van der Waals surface area contributed by atoms with Crippen molar-refractivity contribution in [2.45, 2.75) is 6.54 Å². The van der Waals surface area contributed by atoms with Crippen molar-refractivity contribution in [2.24, 2.45) is 0 Å². The van der Waals surface area contributed by atoms with Gasteiger partial charge in [-0.25, -0.2) is 0 Å². The lowest BCUT2D eigenvalue weighted by Crippen LogP contribution is -2.23. The molecule has 5 nitrogen and oxygen atoms in total. The summed E-state index contributed by atoms with van der Waals surface area (Å²) in [7, 11) is 0. The van der Waals surface area contributed by atoms with Crippen molar-refractivity contribution in [3.05, 3.63) is 53.6 Å². The number of ether oxygens (including phenoxy) is 2. The fourth-order valence-corrected chi connectivity index (χ4v) is 2.09. The van der Waals surface area contributed by atoms with Gasteiger partial charge in [-0.15, -0.1) is 0 Å². The Balaban J connectivity index is 1.71. The molecule has 102 valence electrons. The largest absolute Gasteiger partial charge is 0.454 e. The third kappa shape index (κ3) is 2.38. The Labute approximate surface area is 116 Å². The molecule has 1 heterocycles. The highest BCUT2D eigenvalue weighted by molar-refractivity contribution is 5.94. The Morgan fingerprint density at radius 2 is 2.05 bits per heavy atom. The second-order valence-corrected chi connectivity index (χ2v) is 4.46. The van der Waals surface area contributed by atoms with Gasteiger partial charge in [0, 0.05) is 23.4 Å². The van der Waals surface area contributed by atoms with Crippen LogP contribution in [-0.4, -0.2) is 12.7 Å². The van der Waals surface area contributed by atoms with Crippen molar-refractivity contribution in [1.82, 2.24) is 5.32 Å². The average molecular weight is 270 g/mol. The zero-order valence-electron chi connectivity index (χ0n) is 10.8. The van der Waals surface area contributed by atoms with Crippen molar-refractivity contribution in [3.8, 4) is 11.5 Å². The molecule has 0 atom stereocenters. The standard InChI is InChI=1S/C15H14N2O3/c16-12-5-1-3-10(7-12)15(18)17-8-11-4-2-6-13-14(11)20-9-19-13/h1-7H,8-9,16H2,(H,17,18). The molecule has 1 amide bonds. The highest BCUT2D eigenvalue weighted by Gasteiger charge is 2.17. The molecule has 3 rings (SSSR count). The molecule has 0 aliphatic carbocycles. The number of nitrogen functional groups attached to an aromatic ring is 1. The van der Waals surface area contributed by atoms with Crippen LogP contribution in [-0.2, 0) is 6.54 Å². The molecule has 1 aliphatic rings. The first-order valence-electron chi connectivity index (χ1n) is 6.25. The van der Waals surface area contributed by atoms with Gasteiger partial charge in [-0.1, -0.05) is 18.2 Å². The van der Waals surface area contributed by atoms with Gasteiger partial charge in [0.2, 0.25) is 6.79 Å². The number of hydrogen-bond acceptors (Lipinski definition) is 4. The van der Waals surface area contributed by atoms with Gasteiger partial charge in [0.15, 0.2) is 11.5 Å². The van der Waals surface area contributed by atoms with Crippen LogP contribution in [0.25, 0.3) is 0 Å². The van der Waals surface area contributed by atoms with Gasteiger partial charge in [-0.2, -0.15) is 0 Å². The Morgan fingerprint density at radius 3 is 2.90 bits per heavy atom. The number of fused-ring (bicyclic) bond motifs is 1. The molecular weight excluding hydrogens is 256 g/mol. The SMILES string of the molecule is Nc1cccc(C(=O)NCc2cccc3c2OCO3)c1. The molecule has 0 aromatic heterocycles. The summed E-state index contributed by atoms with van der Waals surface area (Å²) >= 11 is 0. The van der Waals surface area contributed by atoms with Crippen LogP contribution in [0.4, 0.5) is 5.69 Å². The molecule has 2 aromatic rings. The molecule has 0 bridgehead atoms. The summed E-state index contributed by atoms with van der Waals surface area (Å²) in [5.41, 5.74) is 7.65. The van der Waals surface area contributed by atoms with Crippen molar-refractivity contribution in [3.63, 3.8) is 0 Å². The third-order valence-electron chi connectivity index (χ3n) is 3.07. The van der Waals surface area contributed by atoms with Crippen molar-refractivity contribution in [2.75, 3.05) is 12.5 Å². The summed E-state index contributed by atoms with van der Waals surface area (Å²) in [5.74, 6) is 1.23. The van der Waals surface area contributed by atoms with Crippen molar-refractivity contribution < 1.29 is 14.3 Å². The molecule has 0 saturated heterocycles. The van der Waals surface area contributed by atoms with E-state index in [0.717, 1.165) is 5.56 Å². The molecule has 5 heteroatoms. The lowest BCUT2D eigenvalue weighted by molar-refractivity contribution is 0.0950. The van der Waals surface area contributed by atoms with Crippen LogP contribution in [0.5, 0.6) is 11.5 Å². The van der Waals surface area contributed by atoms with E-state index < -0.39 is 0 Å². The predicted octanol–water partition coefficient (Wildman–Crippen LogP) is 1.93. The monoisotopic (exact) mass is 270 g/mol. The minimum absolute atomic E-state index is 0.172. The van der Waals surface area contributed by atoms with Crippen molar-refractivity contribution >= 4 is 11.6 Å². The number of nitrogens with one attached hydrogen (secondary N) is 1. The van der Waals surface area contributed by atoms with E-state index in [1.807, 2.05) is 18.2 Å². The van der Waals surface area contributed by atoms with Crippen LogP contribution < -0.4 is 20.5 Å². The molecular formula is C15H14N2O3. The number of amides is 1. The fraction of sp³-hybridized carbons (Fsp3) is 0.133. The van der Waals surface area contributed by atoms with E-state index in [1.165, 1.54) is 0 Å². The number of carbonyl (C=O) groups excluding carboxylic acids is 1. The molecule has 2 aromatic carbocycles. The zero-order valence-corrected chi connectivity index (χ0v) is 10.8. The van der Waals surface area contributed by atoms with Crippen LogP contribution in [0.1, 0.15) is 15.9 Å². The smallest absolute Gasteiger partial charge is 0.251 e. The molecule has 0 fully saturated rings. The fourth-order valence-electron chi connectivity index (χ4n) is 2.09. The highest BCUT2D eigenvalue weighted by Crippen LogP contribution is 2.35. The molecule has 0 radical (unpaired) electrons. The summed E-state index contributed by atoms with van der Waals surface area (Å²) in [5, 5.41) is 2.84. The number of nitrogens with two attached hydrogens (primary N) is 1. The van der Waals surface area contributed by atoms with E-state index in [9.17, 15) is 4.79 Å². The lowest BCUT2D eigenvalue weighted by Gasteiger charge is -2.08. The Kier molecular flexibility index (Phi) is 3.16. The van der Waals surface area contributed by atoms with Crippen LogP contribution in [0.3, 0.4) is 0 Å². The summed E-state index contributed by atoms with van der Waals surface area (Å²) in [6.45, 7) is 0.593. The van der Waals surface area contributed by atoms with E-state index in [2.05, 4.69) is 5.32 Å². The van der Waals surface area contributed by atoms with Gasteiger partial charge in [-0.3, -0.25) is 4.79 Å². The molecule has 20 heavy (non-hydrogen) atoms. The summed E-state index contributed by atoms with van der Waals surface area (Å²) in [6.07, 6.45) is 0. The molecule has 0 spiro atoms. The van der Waals surface area contributed by atoms with E-state index in [0.29, 0.717) is 29.3 Å². The summed E-state index contributed by atoms with van der Waals surface area (Å²) in [4.78, 5) is 12.0. The summed E-state index contributed by atoms with van der Waals surface area (Å²) < 4.78 is 10.7. The predicted molar refractivity (Wildman–Crippen MR) is 74.6 cm³/mol. The number of rotatable bonds is 3. The third-order valence-corrected chi connectivity index (χ3v) is 3.07. The van der Waals surface area contributed by atoms with Crippen LogP contribution in [0, 0.1) is 0 Å². The quantitative estimate of drug-likeness (QED) is 0.836. The first kappa shape index (κ1) is 12.3. The minimum atomic E-state index is -0.172. The zero-order chi connectivity index (χ0) is 13.9. The normalized spacial score (nSPS) is 12.2. The van der Waals surface area contributed by atoms with Gasteiger partial charge < -0.3 is 20.5 Å².